The number of rotatable bonds is 0. The second-order valence-electron chi connectivity index (χ2n) is 5.15. The van der Waals surface area contributed by atoms with E-state index in [1.54, 1.807) is 0 Å². The SMILES string of the molecule is C.CB1C(C)C(C)C(C)C(C)C1C. The summed E-state index contributed by atoms with van der Waals surface area (Å²) in [6.45, 7) is 15.5. The predicted octanol–water partition coefficient (Wildman–Crippen LogP) is 4.45. The highest BCUT2D eigenvalue weighted by Gasteiger charge is 2.40. The average Bonchev–Trinajstić information content (AvgIpc) is 2.08. The standard InChI is InChI=1S/C11H23B.CH4/c1-7-8(2)10(4)12(6)11(5)9(7)3;/h7-11H,1-6H3;1H4. The molecule has 0 radical (unpaired) electrons. The summed E-state index contributed by atoms with van der Waals surface area (Å²) in [7, 11) is 0. The van der Waals surface area contributed by atoms with E-state index in [1.165, 1.54) is 0 Å². The molecule has 0 nitrogen and oxygen atoms in total. The summed E-state index contributed by atoms with van der Waals surface area (Å²) >= 11 is 0. The lowest BCUT2D eigenvalue weighted by Gasteiger charge is -2.44. The van der Waals surface area contributed by atoms with Gasteiger partial charge in [-0.05, 0) is 17.8 Å². The van der Waals surface area contributed by atoms with Crippen molar-refractivity contribution < 1.29 is 0 Å². The summed E-state index contributed by atoms with van der Waals surface area (Å²) in [5.41, 5.74) is 0. The molecule has 0 N–H and O–H groups in total. The Labute approximate surface area is 85.6 Å². The van der Waals surface area contributed by atoms with E-state index in [4.69, 9.17) is 0 Å². The summed E-state index contributed by atoms with van der Waals surface area (Å²) in [4.78, 5) is 0. The zero-order valence-electron chi connectivity index (χ0n) is 9.46. The zero-order valence-corrected chi connectivity index (χ0v) is 9.46. The third kappa shape index (κ3) is 2.11. The fourth-order valence-corrected chi connectivity index (χ4v) is 2.87. The van der Waals surface area contributed by atoms with Crippen LogP contribution in [0.4, 0.5) is 0 Å². The van der Waals surface area contributed by atoms with Gasteiger partial charge in [0.2, 0.25) is 0 Å². The van der Waals surface area contributed by atoms with Crippen LogP contribution >= 0.6 is 0 Å². The lowest BCUT2D eigenvalue weighted by atomic mass is 9.28. The molecule has 0 saturated carbocycles. The second kappa shape index (κ2) is 4.53. The van der Waals surface area contributed by atoms with Gasteiger partial charge in [0.1, 0.15) is 6.71 Å². The van der Waals surface area contributed by atoms with E-state index in [0.29, 0.717) is 0 Å². The minimum absolute atomic E-state index is 0. The monoisotopic (exact) mass is 182 g/mol. The van der Waals surface area contributed by atoms with Crippen molar-refractivity contribution in [3.8, 4) is 0 Å². The Morgan fingerprint density at radius 3 is 1.31 bits per heavy atom. The molecule has 1 fully saturated rings. The van der Waals surface area contributed by atoms with Crippen molar-refractivity contribution >= 4 is 6.71 Å². The molecule has 13 heavy (non-hydrogen) atoms. The zero-order chi connectivity index (χ0) is 9.46. The van der Waals surface area contributed by atoms with Crippen LogP contribution in [-0.2, 0) is 0 Å². The van der Waals surface area contributed by atoms with Crippen molar-refractivity contribution in [3.05, 3.63) is 0 Å². The van der Waals surface area contributed by atoms with E-state index >= 15 is 0 Å². The van der Waals surface area contributed by atoms with Gasteiger partial charge in [-0.3, -0.25) is 0 Å². The Hall–Kier alpha value is 0.0649. The highest BCUT2D eigenvalue weighted by molar-refractivity contribution is 6.60. The van der Waals surface area contributed by atoms with E-state index in [9.17, 15) is 0 Å². The Kier molecular flexibility index (Phi) is 4.55. The Bertz CT molecular complexity index is 96.7. The average molecular weight is 182 g/mol. The van der Waals surface area contributed by atoms with Crippen LogP contribution < -0.4 is 0 Å². The first-order valence-electron chi connectivity index (χ1n) is 5.46. The lowest BCUT2D eigenvalue weighted by Crippen LogP contribution is -2.40. The maximum Gasteiger partial charge on any atom is 0.143 e. The molecule has 1 aliphatic rings. The van der Waals surface area contributed by atoms with Crippen molar-refractivity contribution in [2.45, 2.75) is 60.5 Å². The lowest BCUT2D eigenvalue weighted by molar-refractivity contribution is 0.238. The van der Waals surface area contributed by atoms with Gasteiger partial charge in [0.15, 0.2) is 0 Å². The minimum atomic E-state index is 0. The van der Waals surface area contributed by atoms with Crippen molar-refractivity contribution in [2.75, 3.05) is 0 Å². The molecular weight excluding hydrogens is 155 g/mol. The van der Waals surface area contributed by atoms with Crippen LogP contribution in [0.1, 0.15) is 42.0 Å². The van der Waals surface area contributed by atoms with Gasteiger partial charge < -0.3 is 0 Å². The van der Waals surface area contributed by atoms with E-state index in [0.717, 1.165) is 36.1 Å². The molecule has 0 bridgehead atoms. The maximum atomic E-state index is 2.42. The summed E-state index contributed by atoms with van der Waals surface area (Å²) in [6.07, 6.45) is 0. The summed E-state index contributed by atoms with van der Waals surface area (Å²) in [5, 5.41) is 0. The van der Waals surface area contributed by atoms with Crippen LogP contribution in [0.15, 0.2) is 0 Å². The molecule has 1 aliphatic heterocycles. The molecule has 78 valence electrons. The molecule has 1 heteroatoms. The summed E-state index contributed by atoms with van der Waals surface area (Å²) < 4.78 is 0. The van der Waals surface area contributed by atoms with Crippen molar-refractivity contribution in [3.63, 3.8) is 0 Å². The van der Waals surface area contributed by atoms with Crippen LogP contribution in [0.2, 0.25) is 18.5 Å². The molecule has 1 saturated heterocycles. The van der Waals surface area contributed by atoms with Crippen LogP contribution in [0.5, 0.6) is 0 Å². The first-order valence-corrected chi connectivity index (χ1v) is 5.46. The molecule has 0 aliphatic carbocycles. The van der Waals surface area contributed by atoms with Crippen molar-refractivity contribution in [1.29, 1.82) is 0 Å². The van der Waals surface area contributed by atoms with Gasteiger partial charge >= 0.3 is 0 Å². The molecule has 0 aromatic heterocycles. The highest BCUT2D eigenvalue weighted by Crippen LogP contribution is 2.46. The minimum Gasteiger partial charge on any atom is -0.0856 e. The molecule has 4 atom stereocenters. The topological polar surface area (TPSA) is 0 Å². The maximum absolute atomic E-state index is 2.42. The van der Waals surface area contributed by atoms with Gasteiger partial charge in [-0.15, -0.1) is 0 Å². The number of hydrogen-bond acceptors (Lipinski definition) is 0. The molecule has 0 aromatic carbocycles. The normalized spacial score (nSPS) is 45.7. The predicted molar refractivity (Wildman–Crippen MR) is 64.7 cm³/mol. The smallest absolute Gasteiger partial charge is 0.0856 e. The second-order valence-corrected chi connectivity index (χ2v) is 5.15. The molecule has 1 rings (SSSR count). The first-order chi connectivity index (χ1) is 5.46. The Morgan fingerprint density at radius 1 is 0.692 bits per heavy atom. The molecule has 0 aromatic rings. The Morgan fingerprint density at radius 2 is 1.00 bits per heavy atom. The van der Waals surface area contributed by atoms with Gasteiger partial charge in [-0.1, -0.05) is 60.5 Å². The quantitative estimate of drug-likeness (QED) is 0.485. The van der Waals surface area contributed by atoms with Crippen molar-refractivity contribution in [2.24, 2.45) is 17.8 Å². The molecular formula is C12H27B. The fourth-order valence-electron chi connectivity index (χ4n) is 2.87. The summed E-state index contributed by atoms with van der Waals surface area (Å²) in [5.74, 6) is 4.54. The van der Waals surface area contributed by atoms with E-state index in [1.807, 2.05) is 0 Å². The van der Waals surface area contributed by atoms with Gasteiger partial charge in [0.05, 0.1) is 0 Å². The van der Waals surface area contributed by atoms with Crippen LogP contribution in [-0.4, -0.2) is 6.71 Å². The molecule has 4 unspecified atom stereocenters. The highest BCUT2D eigenvalue weighted by atomic mass is 14.3. The van der Waals surface area contributed by atoms with Gasteiger partial charge in [0.25, 0.3) is 0 Å². The molecule has 0 amide bonds. The summed E-state index contributed by atoms with van der Waals surface area (Å²) in [6, 6.07) is 0. The van der Waals surface area contributed by atoms with Gasteiger partial charge in [-0.25, -0.2) is 0 Å². The fraction of sp³-hybridized carbons (Fsp3) is 1.00. The number of hydrogen-bond donors (Lipinski definition) is 0. The third-order valence-corrected chi connectivity index (χ3v) is 4.98. The van der Waals surface area contributed by atoms with Gasteiger partial charge in [0, 0.05) is 0 Å². The van der Waals surface area contributed by atoms with E-state index < -0.39 is 0 Å². The Balaban J connectivity index is 0.00000144. The molecule has 0 spiro atoms. The van der Waals surface area contributed by atoms with Crippen LogP contribution in [0.3, 0.4) is 0 Å². The van der Waals surface area contributed by atoms with E-state index in [2.05, 4.69) is 41.4 Å². The third-order valence-electron chi connectivity index (χ3n) is 4.98. The van der Waals surface area contributed by atoms with Gasteiger partial charge in [-0.2, -0.15) is 0 Å². The first kappa shape index (κ1) is 13.1. The van der Waals surface area contributed by atoms with Crippen LogP contribution in [0.25, 0.3) is 0 Å². The largest absolute Gasteiger partial charge is 0.143 e. The molecule has 1 heterocycles. The van der Waals surface area contributed by atoms with Crippen molar-refractivity contribution in [1.82, 2.24) is 0 Å². The van der Waals surface area contributed by atoms with E-state index in [-0.39, 0.29) is 7.43 Å². The van der Waals surface area contributed by atoms with Crippen LogP contribution in [0, 0.1) is 17.8 Å².